The van der Waals surface area contributed by atoms with Crippen molar-refractivity contribution in [3.05, 3.63) is 28.2 Å². The molecule has 2 rings (SSSR count). The Bertz CT molecular complexity index is 627. The molecule has 1 N–H and O–H groups in total. The van der Waals surface area contributed by atoms with E-state index in [1.807, 2.05) is 36.7 Å². The molecule has 1 heterocycles. The van der Waals surface area contributed by atoms with Crippen LogP contribution < -0.4 is 0 Å². The minimum Gasteiger partial charge on any atom is -0.481 e. The molecule has 0 spiro atoms. The van der Waals surface area contributed by atoms with Gasteiger partial charge in [-0.3, -0.25) is 4.79 Å². The van der Waals surface area contributed by atoms with Crippen LogP contribution in [-0.2, 0) is 11.8 Å². The maximum Gasteiger partial charge on any atom is 0.313 e. The van der Waals surface area contributed by atoms with Gasteiger partial charge < -0.3 is 9.67 Å². The zero-order valence-corrected chi connectivity index (χ0v) is 12.8. The van der Waals surface area contributed by atoms with Crippen molar-refractivity contribution in [1.82, 2.24) is 14.8 Å². The number of benzene rings is 1. The second-order valence-electron chi connectivity index (χ2n) is 4.01. The summed E-state index contributed by atoms with van der Waals surface area (Å²) in [7, 11) is 1.83. The molecule has 1 aromatic heterocycles. The number of aliphatic carboxylic acids is 1. The normalized spacial score (nSPS) is 10.7. The molecule has 7 heteroatoms. The van der Waals surface area contributed by atoms with Crippen molar-refractivity contribution in [3.8, 4) is 11.4 Å². The first kappa shape index (κ1) is 14.1. The van der Waals surface area contributed by atoms with Crippen LogP contribution in [0.15, 0.2) is 27.8 Å². The topological polar surface area (TPSA) is 68.0 Å². The van der Waals surface area contributed by atoms with Crippen molar-refractivity contribution < 1.29 is 9.90 Å². The van der Waals surface area contributed by atoms with Crippen LogP contribution >= 0.6 is 27.7 Å². The molecule has 0 aliphatic carbocycles. The molecule has 100 valence electrons. The van der Waals surface area contributed by atoms with Crippen LogP contribution in [0.1, 0.15) is 5.56 Å². The van der Waals surface area contributed by atoms with Gasteiger partial charge in [-0.25, -0.2) is 0 Å². The van der Waals surface area contributed by atoms with Crippen molar-refractivity contribution in [3.63, 3.8) is 0 Å². The largest absolute Gasteiger partial charge is 0.481 e. The van der Waals surface area contributed by atoms with Crippen LogP contribution in [0.4, 0.5) is 0 Å². The van der Waals surface area contributed by atoms with E-state index in [0.29, 0.717) is 5.16 Å². The highest BCUT2D eigenvalue weighted by atomic mass is 79.9. The van der Waals surface area contributed by atoms with Gasteiger partial charge in [-0.2, -0.15) is 0 Å². The predicted octanol–water partition coefficient (Wildman–Crippen LogP) is 2.73. The van der Waals surface area contributed by atoms with E-state index in [1.54, 1.807) is 0 Å². The van der Waals surface area contributed by atoms with Gasteiger partial charge in [-0.15, -0.1) is 10.2 Å². The third kappa shape index (κ3) is 3.16. The van der Waals surface area contributed by atoms with E-state index in [0.717, 1.165) is 33.2 Å². The smallest absolute Gasteiger partial charge is 0.313 e. The standard InChI is InChI=1S/C12H12BrN3O2S/c1-7-3-4-8(13)5-9(7)11-14-15-12(16(11)2)19-6-10(17)18/h3-5H,6H2,1-2H3,(H,17,18). The molecule has 1 aromatic carbocycles. The first-order valence-electron chi connectivity index (χ1n) is 5.49. The zero-order valence-electron chi connectivity index (χ0n) is 10.4. The molecular weight excluding hydrogens is 330 g/mol. The van der Waals surface area contributed by atoms with Crippen molar-refractivity contribution in [2.45, 2.75) is 12.1 Å². The number of rotatable bonds is 4. The van der Waals surface area contributed by atoms with Crippen LogP contribution in [0.25, 0.3) is 11.4 Å². The van der Waals surface area contributed by atoms with Gasteiger partial charge in [0.15, 0.2) is 11.0 Å². The van der Waals surface area contributed by atoms with Crippen LogP contribution in [0, 0.1) is 6.92 Å². The highest BCUT2D eigenvalue weighted by Gasteiger charge is 2.14. The van der Waals surface area contributed by atoms with Crippen molar-refractivity contribution >= 4 is 33.7 Å². The number of halogens is 1. The van der Waals surface area contributed by atoms with Gasteiger partial charge in [0.05, 0.1) is 5.75 Å². The number of nitrogens with zero attached hydrogens (tertiary/aromatic N) is 3. The first-order chi connectivity index (χ1) is 8.99. The minimum atomic E-state index is -0.867. The molecule has 5 nitrogen and oxygen atoms in total. The summed E-state index contributed by atoms with van der Waals surface area (Å²) in [6.07, 6.45) is 0. The lowest BCUT2D eigenvalue weighted by Gasteiger charge is -2.06. The van der Waals surface area contributed by atoms with Gasteiger partial charge in [0.1, 0.15) is 0 Å². The number of carboxylic acid groups (broad SMARTS) is 1. The number of aryl methyl sites for hydroxylation is 1. The Morgan fingerprint density at radius 2 is 2.21 bits per heavy atom. The third-order valence-corrected chi connectivity index (χ3v) is 4.10. The van der Waals surface area contributed by atoms with Crippen molar-refractivity contribution in [2.75, 3.05) is 5.75 Å². The van der Waals surface area contributed by atoms with Crippen LogP contribution in [0.5, 0.6) is 0 Å². The molecule has 0 bridgehead atoms. The Labute approximate surface area is 123 Å². The Balaban J connectivity index is 2.36. The molecule has 0 unspecified atom stereocenters. The van der Waals surface area contributed by atoms with E-state index in [4.69, 9.17) is 5.11 Å². The van der Waals surface area contributed by atoms with Crippen molar-refractivity contribution in [2.24, 2.45) is 7.05 Å². The van der Waals surface area contributed by atoms with Gasteiger partial charge in [0.25, 0.3) is 0 Å². The number of hydrogen-bond donors (Lipinski definition) is 1. The molecule has 0 amide bonds. The molecule has 0 saturated heterocycles. The van der Waals surface area contributed by atoms with Crippen LogP contribution in [0.3, 0.4) is 0 Å². The number of carbonyl (C=O) groups is 1. The number of hydrogen-bond acceptors (Lipinski definition) is 4. The Kier molecular flexibility index (Phi) is 4.26. The number of thioether (sulfide) groups is 1. The van der Waals surface area contributed by atoms with Gasteiger partial charge in [0.2, 0.25) is 0 Å². The lowest BCUT2D eigenvalue weighted by atomic mass is 10.1. The van der Waals surface area contributed by atoms with Gasteiger partial charge >= 0.3 is 5.97 Å². The SMILES string of the molecule is Cc1ccc(Br)cc1-c1nnc(SCC(=O)O)n1C. The summed E-state index contributed by atoms with van der Waals surface area (Å²) in [5.74, 6) is -0.163. The molecule has 2 aromatic rings. The van der Waals surface area contributed by atoms with E-state index in [-0.39, 0.29) is 5.75 Å². The molecule has 0 fully saturated rings. The fourth-order valence-electron chi connectivity index (χ4n) is 1.64. The number of carboxylic acids is 1. The van der Waals surface area contributed by atoms with Crippen LogP contribution in [-0.4, -0.2) is 31.6 Å². The van der Waals surface area contributed by atoms with Crippen molar-refractivity contribution in [1.29, 1.82) is 0 Å². The van der Waals surface area contributed by atoms with Gasteiger partial charge in [-0.05, 0) is 24.6 Å². The van der Waals surface area contributed by atoms with E-state index in [9.17, 15) is 4.79 Å². The highest BCUT2D eigenvalue weighted by molar-refractivity contribution is 9.10. The summed E-state index contributed by atoms with van der Waals surface area (Å²) in [5, 5.41) is 17.5. The summed E-state index contributed by atoms with van der Waals surface area (Å²) in [4.78, 5) is 10.6. The van der Waals surface area contributed by atoms with E-state index < -0.39 is 5.97 Å². The second kappa shape index (κ2) is 5.75. The maximum atomic E-state index is 10.6. The minimum absolute atomic E-state index is 0.0244. The lowest BCUT2D eigenvalue weighted by Crippen LogP contribution is -2.01. The summed E-state index contributed by atoms with van der Waals surface area (Å²) in [5.41, 5.74) is 2.07. The molecular formula is C12H12BrN3O2S. The lowest BCUT2D eigenvalue weighted by molar-refractivity contribution is -0.133. The van der Waals surface area contributed by atoms with Gasteiger partial charge in [-0.1, -0.05) is 33.8 Å². The molecule has 0 aliphatic heterocycles. The predicted molar refractivity (Wildman–Crippen MR) is 77.2 cm³/mol. The Morgan fingerprint density at radius 3 is 2.89 bits per heavy atom. The monoisotopic (exact) mass is 341 g/mol. The molecule has 0 saturated carbocycles. The first-order valence-corrected chi connectivity index (χ1v) is 7.27. The van der Waals surface area contributed by atoms with E-state index >= 15 is 0 Å². The maximum absolute atomic E-state index is 10.6. The average molecular weight is 342 g/mol. The Hall–Kier alpha value is -1.34. The fraction of sp³-hybridized carbons (Fsp3) is 0.250. The second-order valence-corrected chi connectivity index (χ2v) is 5.87. The summed E-state index contributed by atoms with van der Waals surface area (Å²) >= 11 is 4.59. The highest BCUT2D eigenvalue weighted by Crippen LogP contribution is 2.27. The molecule has 0 radical (unpaired) electrons. The average Bonchev–Trinajstić information content (AvgIpc) is 2.71. The zero-order chi connectivity index (χ0) is 14.0. The summed E-state index contributed by atoms with van der Waals surface area (Å²) in [6.45, 7) is 2.00. The van der Waals surface area contributed by atoms with Gasteiger partial charge in [0, 0.05) is 17.1 Å². The third-order valence-electron chi connectivity index (χ3n) is 2.60. The Morgan fingerprint density at radius 1 is 1.47 bits per heavy atom. The fourth-order valence-corrected chi connectivity index (χ4v) is 2.63. The molecule has 0 aliphatic rings. The molecule has 0 atom stereocenters. The van der Waals surface area contributed by atoms with E-state index in [1.165, 1.54) is 0 Å². The molecule has 19 heavy (non-hydrogen) atoms. The summed E-state index contributed by atoms with van der Waals surface area (Å²) in [6, 6.07) is 5.94. The van der Waals surface area contributed by atoms with E-state index in [2.05, 4.69) is 26.1 Å². The number of aromatic nitrogens is 3. The summed E-state index contributed by atoms with van der Waals surface area (Å²) < 4.78 is 2.78. The quantitative estimate of drug-likeness (QED) is 0.866. The van der Waals surface area contributed by atoms with Crippen LogP contribution in [0.2, 0.25) is 0 Å².